The van der Waals surface area contributed by atoms with Crippen molar-refractivity contribution >= 4 is 11.7 Å². The molecule has 1 aromatic heterocycles. The van der Waals surface area contributed by atoms with Gasteiger partial charge in [-0.1, -0.05) is 0 Å². The number of nitrogens with one attached hydrogen (secondary N) is 1. The molecule has 1 amide bonds. The van der Waals surface area contributed by atoms with Gasteiger partial charge in [0.15, 0.2) is 11.5 Å². The third-order valence-electron chi connectivity index (χ3n) is 3.91. The SMILES string of the molecule is NNc1ccc(C(=O)N2CCN3CCCC3C2)nn1. The number of amides is 1. The van der Waals surface area contributed by atoms with Gasteiger partial charge in [0, 0.05) is 25.7 Å². The fourth-order valence-electron chi connectivity index (χ4n) is 2.86. The largest absolute Gasteiger partial charge is 0.334 e. The Kier molecular flexibility index (Phi) is 3.31. The second-order valence-electron chi connectivity index (χ2n) is 5.03. The zero-order valence-corrected chi connectivity index (χ0v) is 10.7. The second kappa shape index (κ2) is 5.10. The number of anilines is 1. The third kappa shape index (κ3) is 2.39. The number of nitrogens with two attached hydrogens (primary N) is 1. The first-order chi connectivity index (χ1) is 9.28. The Morgan fingerprint density at radius 2 is 2.21 bits per heavy atom. The molecule has 102 valence electrons. The van der Waals surface area contributed by atoms with E-state index in [1.54, 1.807) is 12.1 Å². The van der Waals surface area contributed by atoms with E-state index in [0.717, 1.165) is 19.6 Å². The lowest BCUT2D eigenvalue weighted by Crippen LogP contribution is -2.52. The van der Waals surface area contributed by atoms with E-state index in [2.05, 4.69) is 20.5 Å². The summed E-state index contributed by atoms with van der Waals surface area (Å²) in [6, 6.07) is 3.84. The highest BCUT2D eigenvalue weighted by Crippen LogP contribution is 2.22. The van der Waals surface area contributed by atoms with Crippen LogP contribution in [0.1, 0.15) is 23.3 Å². The number of hydrogen-bond acceptors (Lipinski definition) is 6. The van der Waals surface area contributed by atoms with Crippen molar-refractivity contribution in [1.29, 1.82) is 0 Å². The number of rotatable bonds is 2. The van der Waals surface area contributed by atoms with E-state index in [0.29, 0.717) is 17.6 Å². The summed E-state index contributed by atoms with van der Waals surface area (Å²) >= 11 is 0. The van der Waals surface area contributed by atoms with Gasteiger partial charge >= 0.3 is 0 Å². The molecule has 7 heteroatoms. The molecule has 3 heterocycles. The Hall–Kier alpha value is -1.73. The quantitative estimate of drug-likeness (QED) is 0.561. The van der Waals surface area contributed by atoms with Crippen molar-refractivity contribution in [3.63, 3.8) is 0 Å². The minimum atomic E-state index is -0.0392. The van der Waals surface area contributed by atoms with Crippen molar-refractivity contribution in [2.45, 2.75) is 18.9 Å². The van der Waals surface area contributed by atoms with Gasteiger partial charge in [0.25, 0.3) is 5.91 Å². The lowest BCUT2D eigenvalue weighted by atomic mass is 10.1. The zero-order valence-electron chi connectivity index (χ0n) is 10.7. The number of hydrogen-bond donors (Lipinski definition) is 2. The Balaban J connectivity index is 1.69. The molecule has 0 spiro atoms. The van der Waals surface area contributed by atoms with Gasteiger partial charge in [0.2, 0.25) is 0 Å². The molecule has 0 aliphatic carbocycles. The highest BCUT2D eigenvalue weighted by atomic mass is 16.2. The van der Waals surface area contributed by atoms with E-state index < -0.39 is 0 Å². The molecule has 7 nitrogen and oxygen atoms in total. The Morgan fingerprint density at radius 1 is 1.32 bits per heavy atom. The van der Waals surface area contributed by atoms with Crippen LogP contribution in [0.2, 0.25) is 0 Å². The molecule has 0 radical (unpaired) electrons. The van der Waals surface area contributed by atoms with Gasteiger partial charge in [-0.3, -0.25) is 9.69 Å². The van der Waals surface area contributed by atoms with Crippen molar-refractivity contribution in [3.05, 3.63) is 17.8 Å². The van der Waals surface area contributed by atoms with Crippen LogP contribution in [0.15, 0.2) is 12.1 Å². The van der Waals surface area contributed by atoms with Gasteiger partial charge in [-0.15, -0.1) is 10.2 Å². The minimum Gasteiger partial charge on any atom is -0.334 e. The van der Waals surface area contributed by atoms with Crippen LogP contribution < -0.4 is 11.3 Å². The number of hydrazine groups is 1. The van der Waals surface area contributed by atoms with Gasteiger partial charge in [-0.25, -0.2) is 5.84 Å². The average molecular weight is 262 g/mol. The maximum absolute atomic E-state index is 12.3. The molecule has 2 aliphatic heterocycles. The average Bonchev–Trinajstić information content (AvgIpc) is 2.94. The topological polar surface area (TPSA) is 87.4 Å². The summed E-state index contributed by atoms with van der Waals surface area (Å²) in [6.07, 6.45) is 2.43. The third-order valence-corrected chi connectivity index (χ3v) is 3.91. The Bertz CT molecular complexity index is 462. The smallest absolute Gasteiger partial charge is 0.274 e. The summed E-state index contributed by atoms with van der Waals surface area (Å²) in [6.45, 7) is 3.71. The van der Waals surface area contributed by atoms with E-state index in [1.165, 1.54) is 19.4 Å². The highest BCUT2D eigenvalue weighted by Gasteiger charge is 2.33. The molecule has 3 rings (SSSR count). The number of fused-ring (bicyclic) bond motifs is 1. The summed E-state index contributed by atoms with van der Waals surface area (Å²) in [7, 11) is 0. The van der Waals surface area contributed by atoms with Crippen molar-refractivity contribution in [2.75, 3.05) is 31.6 Å². The first kappa shape index (κ1) is 12.3. The molecule has 0 saturated carbocycles. The predicted octanol–water partition coefficient (Wildman–Crippen LogP) is -0.318. The zero-order chi connectivity index (χ0) is 13.2. The molecule has 0 aromatic carbocycles. The summed E-state index contributed by atoms with van der Waals surface area (Å²) in [5.41, 5.74) is 2.78. The van der Waals surface area contributed by atoms with E-state index in [-0.39, 0.29) is 5.91 Å². The van der Waals surface area contributed by atoms with Gasteiger partial charge in [0.05, 0.1) is 0 Å². The minimum absolute atomic E-state index is 0.0392. The molecule has 0 bridgehead atoms. The maximum atomic E-state index is 12.3. The van der Waals surface area contributed by atoms with Crippen molar-refractivity contribution in [3.8, 4) is 0 Å². The standard InChI is InChI=1S/C12H18N6O/c13-14-11-4-3-10(15-16-11)12(19)18-7-6-17-5-1-2-9(17)8-18/h3-4,9H,1-2,5-8,13H2,(H,14,16). The van der Waals surface area contributed by atoms with Gasteiger partial charge in [-0.05, 0) is 31.5 Å². The van der Waals surface area contributed by atoms with Crippen LogP contribution in [0.25, 0.3) is 0 Å². The summed E-state index contributed by atoms with van der Waals surface area (Å²) < 4.78 is 0. The predicted molar refractivity (Wildman–Crippen MR) is 70.3 cm³/mol. The van der Waals surface area contributed by atoms with Crippen LogP contribution in [-0.4, -0.2) is 58.1 Å². The monoisotopic (exact) mass is 262 g/mol. The van der Waals surface area contributed by atoms with E-state index >= 15 is 0 Å². The van der Waals surface area contributed by atoms with Crippen LogP contribution in [0.5, 0.6) is 0 Å². The highest BCUT2D eigenvalue weighted by molar-refractivity contribution is 5.92. The Morgan fingerprint density at radius 3 is 2.95 bits per heavy atom. The van der Waals surface area contributed by atoms with Crippen molar-refractivity contribution < 1.29 is 4.79 Å². The van der Waals surface area contributed by atoms with Crippen LogP contribution in [0.4, 0.5) is 5.82 Å². The summed E-state index contributed by atoms with van der Waals surface area (Å²) in [5.74, 6) is 5.64. The normalized spacial score (nSPS) is 23.2. The molecule has 2 saturated heterocycles. The van der Waals surface area contributed by atoms with Gasteiger partial charge in [-0.2, -0.15) is 0 Å². The van der Waals surface area contributed by atoms with Crippen molar-refractivity contribution in [1.82, 2.24) is 20.0 Å². The number of carbonyl (C=O) groups is 1. The molecule has 2 aliphatic rings. The number of nitrogen functional groups attached to an aromatic ring is 1. The lowest BCUT2D eigenvalue weighted by molar-refractivity contribution is 0.0564. The number of nitrogens with zero attached hydrogens (tertiary/aromatic N) is 4. The maximum Gasteiger partial charge on any atom is 0.274 e. The molecule has 2 fully saturated rings. The van der Waals surface area contributed by atoms with Gasteiger partial charge < -0.3 is 10.3 Å². The molecular formula is C12H18N6O. The number of carbonyl (C=O) groups excluding carboxylic acids is 1. The molecule has 3 N–H and O–H groups in total. The van der Waals surface area contributed by atoms with Crippen LogP contribution >= 0.6 is 0 Å². The first-order valence-electron chi connectivity index (χ1n) is 6.61. The van der Waals surface area contributed by atoms with E-state index in [1.807, 2.05) is 4.90 Å². The molecule has 19 heavy (non-hydrogen) atoms. The molecule has 1 atom stereocenters. The lowest BCUT2D eigenvalue weighted by Gasteiger charge is -2.37. The van der Waals surface area contributed by atoms with Crippen LogP contribution in [-0.2, 0) is 0 Å². The Labute approximate surface area is 111 Å². The van der Waals surface area contributed by atoms with Crippen molar-refractivity contribution in [2.24, 2.45) is 5.84 Å². The van der Waals surface area contributed by atoms with Crippen LogP contribution in [0, 0.1) is 0 Å². The molecule has 1 unspecified atom stereocenters. The molecular weight excluding hydrogens is 244 g/mol. The first-order valence-corrected chi connectivity index (χ1v) is 6.61. The fraction of sp³-hybridized carbons (Fsp3) is 0.583. The van der Waals surface area contributed by atoms with Gasteiger partial charge in [0.1, 0.15) is 0 Å². The van der Waals surface area contributed by atoms with E-state index in [4.69, 9.17) is 5.84 Å². The van der Waals surface area contributed by atoms with Crippen LogP contribution in [0.3, 0.4) is 0 Å². The number of aromatic nitrogens is 2. The second-order valence-corrected chi connectivity index (χ2v) is 5.03. The number of piperazine rings is 1. The summed E-state index contributed by atoms with van der Waals surface area (Å²) in [5, 5.41) is 7.75. The summed E-state index contributed by atoms with van der Waals surface area (Å²) in [4.78, 5) is 16.7. The molecule has 1 aromatic rings. The van der Waals surface area contributed by atoms with E-state index in [9.17, 15) is 4.79 Å². The fourth-order valence-corrected chi connectivity index (χ4v) is 2.86.